The molecular formula is C4H16NO5P. The largest absolute Gasteiger partial charge is 0.756 e. The molecule has 7 heteroatoms. The maximum absolute atomic E-state index is 8.77. The van der Waals surface area contributed by atoms with Crippen LogP contribution in [-0.2, 0) is 4.57 Å². The van der Waals surface area contributed by atoms with Crippen LogP contribution >= 0.6 is 7.82 Å². The van der Waals surface area contributed by atoms with Crippen LogP contribution in [0, 0.1) is 0 Å². The maximum Gasteiger partial charge on any atom is 0.262 e. The van der Waals surface area contributed by atoms with Crippen molar-refractivity contribution in [1.82, 2.24) is 0 Å². The van der Waals surface area contributed by atoms with Crippen LogP contribution in [0.2, 0.25) is 0 Å². The Morgan fingerprint density at radius 3 is 1.18 bits per heavy atom. The summed E-state index contributed by atoms with van der Waals surface area (Å²) in [5, 5.41) is 0. The molecule has 0 unspecified atom stereocenters. The lowest BCUT2D eigenvalue weighted by Crippen LogP contribution is -2.27. The van der Waals surface area contributed by atoms with Crippen molar-refractivity contribution in [1.29, 1.82) is 0 Å². The van der Waals surface area contributed by atoms with Gasteiger partial charge in [0, 0.05) is 0 Å². The van der Waals surface area contributed by atoms with Crippen molar-refractivity contribution in [3.8, 4) is 0 Å². The summed E-state index contributed by atoms with van der Waals surface area (Å²) >= 11 is 0. The molecule has 0 aromatic carbocycles. The third-order valence-electron chi connectivity index (χ3n) is 0. The summed E-state index contributed by atoms with van der Waals surface area (Å²) < 4.78 is 9.77. The minimum absolute atomic E-state index is 0. The molecule has 0 amide bonds. The molecule has 0 bridgehead atoms. The van der Waals surface area contributed by atoms with Crippen LogP contribution in [0.25, 0.3) is 0 Å². The van der Waals surface area contributed by atoms with Gasteiger partial charge >= 0.3 is 0 Å². The van der Waals surface area contributed by atoms with Gasteiger partial charge in [-0.05, 0) is 0 Å². The van der Waals surface area contributed by atoms with E-state index in [-0.39, 0.29) is 5.48 Å². The van der Waals surface area contributed by atoms with Gasteiger partial charge in [-0.25, -0.2) is 0 Å². The Morgan fingerprint density at radius 2 is 1.18 bits per heavy atom. The van der Waals surface area contributed by atoms with Crippen LogP contribution in [0.15, 0.2) is 0 Å². The summed E-state index contributed by atoms with van der Waals surface area (Å²) in [5.41, 5.74) is 0. The summed E-state index contributed by atoms with van der Waals surface area (Å²) in [6, 6.07) is 0. The Balaban J connectivity index is -0.000000107. The van der Waals surface area contributed by atoms with Gasteiger partial charge in [0.25, 0.3) is 7.82 Å². The van der Waals surface area contributed by atoms with Crippen molar-refractivity contribution in [2.75, 3.05) is 28.2 Å². The van der Waals surface area contributed by atoms with E-state index in [9.17, 15) is 0 Å². The first-order valence-corrected chi connectivity index (χ1v) is 4.08. The lowest BCUT2D eigenvalue weighted by atomic mass is 10.8. The van der Waals surface area contributed by atoms with Crippen LogP contribution in [0.3, 0.4) is 0 Å². The second-order valence-corrected chi connectivity index (χ2v) is 4.16. The molecule has 0 radical (unpaired) electrons. The van der Waals surface area contributed by atoms with E-state index in [0.29, 0.717) is 0 Å². The van der Waals surface area contributed by atoms with Crippen LogP contribution in [0.1, 0.15) is 0 Å². The predicted octanol–water partition coefficient (Wildman–Crippen LogP) is -2.06. The van der Waals surface area contributed by atoms with Crippen molar-refractivity contribution in [2.24, 2.45) is 0 Å². The zero-order valence-corrected chi connectivity index (χ0v) is 8.00. The normalized spacial score (nSPS) is 10.8. The Hall–Kier alpha value is 0.0300. The number of hydrogen-bond acceptors (Lipinski definition) is 2. The molecule has 0 aliphatic carbocycles. The lowest BCUT2D eigenvalue weighted by molar-refractivity contribution is -0.849. The van der Waals surface area contributed by atoms with Gasteiger partial charge in [0.15, 0.2) is 0 Å². The van der Waals surface area contributed by atoms with Gasteiger partial charge in [-0.1, -0.05) is 0 Å². The minimum atomic E-state index is -4.89. The second kappa shape index (κ2) is 5.65. The highest BCUT2D eigenvalue weighted by atomic mass is 31.2. The maximum atomic E-state index is 8.77. The lowest BCUT2D eigenvalue weighted by Gasteiger charge is -2.14. The highest BCUT2D eigenvalue weighted by molar-refractivity contribution is 7.43. The summed E-state index contributed by atoms with van der Waals surface area (Å²) in [5.74, 6) is 0. The molecule has 0 saturated carbocycles. The molecule has 0 aromatic heterocycles. The minimum Gasteiger partial charge on any atom is -0.756 e. The molecule has 11 heavy (non-hydrogen) atoms. The highest BCUT2D eigenvalue weighted by Crippen LogP contribution is 2.18. The smallest absolute Gasteiger partial charge is 0.262 e. The molecule has 0 aliphatic rings. The topological polar surface area (TPSA) is 112 Å². The average Bonchev–Trinajstić information content (AvgIpc) is 1.12. The number of phosphoric acid groups is 1. The van der Waals surface area contributed by atoms with Gasteiger partial charge in [-0.15, -0.1) is 0 Å². The molecular weight excluding hydrogens is 173 g/mol. The first-order chi connectivity index (χ1) is 4.00. The summed E-state index contributed by atoms with van der Waals surface area (Å²) in [6.45, 7) is 0. The van der Waals surface area contributed by atoms with Crippen LogP contribution in [0.5, 0.6) is 0 Å². The van der Waals surface area contributed by atoms with Crippen molar-refractivity contribution in [2.45, 2.75) is 0 Å². The average molecular weight is 189 g/mol. The van der Waals surface area contributed by atoms with E-state index in [4.69, 9.17) is 19.2 Å². The van der Waals surface area contributed by atoms with E-state index in [2.05, 4.69) is 28.2 Å². The van der Waals surface area contributed by atoms with Crippen molar-refractivity contribution < 1.29 is 29.2 Å². The molecule has 0 aromatic rings. The third-order valence-corrected chi connectivity index (χ3v) is 0. The van der Waals surface area contributed by atoms with E-state index in [1.807, 2.05) is 0 Å². The molecule has 0 heterocycles. The Bertz CT molecular complexity index is 111. The summed E-state index contributed by atoms with van der Waals surface area (Å²) in [7, 11) is 3.61. The van der Waals surface area contributed by atoms with Crippen molar-refractivity contribution in [3.63, 3.8) is 0 Å². The van der Waals surface area contributed by atoms with Gasteiger partial charge in [-0.2, -0.15) is 0 Å². The first-order valence-electron chi connectivity index (χ1n) is 2.55. The molecule has 0 saturated heterocycles. The van der Waals surface area contributed by atoms with E-state index in [0.717, 1.165) is 4.48 Å². The Labute approximate surface area is 66.2 Å². The molecule has 0 atom stereocenters. The molecule has 0 spiro atoms. The molecule has 0 aliphatic heterocycles. The van der Waals surface area contributed by atoms with Crippen LogP contribution in [-0.4, -0.2) is 47.9 Å². The first kappa shape index (κ1) is 17.2. The molecule has 6 nitrogen and oxygen atoms in total. The second-order valence-electron chi connectivity index (χ2n) is 3.17. The molecule has 72 valence electrons. The quantitative estimate of drug-likeness (QED) is 0.337. The fourth-order valence-electron chi connectivity index (χ4n) is 0. The number of nitrogens with zero attached hydrogens (tertiary/aromatic N) is 1. The fourth-order valence-corrected chi connectivity index (χ4v) is 0. The van der Waals surface area contributed by atoms with Crippen molar-refractivity contribution >= 4 is 7.82 Å². The predicted molar refractivity (Wildman–Crippen MR) is 39.6 cm³/mol. The van der Waals surface area contributed by atoms with E-state index in [1.165, 1.54) is 0 Å². The molecule has 4 N–H and O–H groups in total. The number of hydrogen-bond donors (Lipinski definition) is 2. The Kier molecular flexibility index (Phi) is 8.84. The van der Waals surface area contributed by atoms with Gasteiger partial charge in [0.2, 0.25) is 0 Å². The van der Waals surface area contributed by atoms with E-state index >= 15 is 0 Å². The zero-order valence-electron chi connectivity index (χ0n) is 7.11. The summed E-state index contributed by atoms with van der Waals surface area (Å²) in [6.07, 6.45) is 0. The summed E-state index contributed by atoms with van der Waals surface area (Å²) in [4.78, 5) is 22.9. The van der Waals surface area contributed by atoms with Gasteiger partial charge in [0.05, 0.1) is 28.2 Å². The number of quaternary nitrogens is 1. The zero-order chi connectivity index (χ0) is 9.00. The van der Waals surface area contributed by atoms with Gasteiger partial charge < -0.3 is 24.6 Å². The monoisotopic (exact) mass is 189 g/mol. The molecule has 0 fully saturated rings. The van der Waals surface area contributed by atoms with Crippen LogP contribution < -0.4 is 4.89 Å². The molecule has 0 rings (SSSR count). The van der Waals surface area contributed by atoms with E-state index < -0.39 is 7.82 Å². The van der Waals surface area contributed by atoms with E-state index in [1.54, 1.807) is 0 Å². The number of rotatable bonds is 0. The Morgan fingerprint density at radius 1 is 1.18 bits per heavy atom. The van der Waals surface area contributed by atoms with Crippen LogP contribution in [0.4, 0.5) is 0 Å². The SMILES string of the molecule is C[N+](C)(C)C.O.O=P([O-])(O)O. The van der Waals surface area contributed by atoms with Gasteiger partial charge in [-0.3, -0.25) is 4.57 Å². The third kappa shape index (κ3) is 719000. The standard InChI is InChI=1S/C4H12N.H3O4P.H2O/c2*1-5(2,3)4;/h1-4H3;(H3,1,2,3,4);1H2/q+1;;/p-1. The highest BCUT2D eigenvalue weighted by Gasteiger charge is 1.88. The fraction of sp³-hybridized carbons (Fsp3) is 1.00. The van der Waals surface area contributed by atoms with Gasteiger partial charge in [0.1, 0.15) is 0 Å². The van der Waals surface area contributed by atoms with Crippen molar-refractivity contribution in [3.05, 3.63) is 0 Å².